The fourth-order valence-corrected chi connectivity index (χ4v) is 6.18. The molecule has 8 heteroatoms. The quantitative estimate of drug-likeness (QED) is 0.443. The van der Waals surface area contributed by atoms with Gasteiger partial charge in [-0.3, -0.25) is 0 Å². The van der Waals surface area contributed by atoms with Crippen LogP contribution >= 0.6 is 0 Å². The molecule has 2 saturated carbocycles. The molecule has 0 aliphatic heterocycles. The largest absolute Gasteiger partial charge is 0.235 e. The second-order valence-electron chi connectivity index (χ2n) is 11.7. The summed E-state index contributed by atoms with van der Waals surface area (Å²) < 4.78 is 0. The number of aliphatic imine (C=N–C) groups is 4. The molecule has 2 aliphatic rings. The highest BCUT2D eigenvalue weighted by molar-refractivity contribution is 5.35. The smallest absolute Gasteiger partial charge is 0.211 e. The molecule has 0 N–H and O–H groups in total. The maximum absolute atomic E-state index is 10.3. The molecule has 0 amide bonds. The summed E-state index contributed by atoms with van der Waals surface area (Å²) in [6.07, 6.45) is 11.8. The average Bonchev–Trinajstić information content (AvgIpc) is 2.63. The molecule has 0 radical (unpaired) electrons. The van der Waals surface area contributed by atoms with Gasteiger partial charge in [0.1, 0.15) is 0 Å². The van der Waals surface area contributed by atoms with Crippen LogP contribution in [-0.4, -0.2) is 49.5 Å². The zero-order chi connectivity index (χ0) is 24.5. The summed E-state index contributed by atoms with van der Waals surface area (Å²) in [5.41, 5.74) is 0.112. The van der Waals surface area contributed by atoms with E-state index < -0.39 is 0 Å². The van der Waals surface area contributed by atoms with E-state index in [0.717, 1.165) is 38.5 Å². The van der Waals surface area contributed by atoms with Crippen molar-refractivity contribution in [1.29, 1.82) is 0 Å². The minimum Gasteiger partial charge on any atom is -0.211 e. The lowest BCUT2D eigenvalue weighted by molar-refractivity contribution is 0.0911. The van der Waals surface area contributed by atoms with Gasteiger partial charge in [0.2, 0.25) is 24.3 Å². The maximum Gasteiger partial charge on any atom is 0.235 e. The third-order valence-corrected chi connectivity index (χ3v) is 6.37. The van der Waals surface area contributed by atoms with Gasteiger partial charge in [-0.15, -0.1) is 0 Å². The number of nitrogens with zero attached hydrogens (tertiary/aromatic N) is 4. The van der Waals surface area contributed by atoms with Gasteiger partial charge in [-0.25, -0.2) is 39.1 Å². The molecule has 0 spiro atoms. The van der Waals surface area contributed by atoms with Crippen molar-refractivity contribution >= 4 is 24.3 Å². The van der Waals surface area contributed by atoms with Crippen LogP contribution in [-0.2, 0) is 19.2 Å². The number of carbonyl (C=O) groups excluding carboxylic acids is 4. The van der Waals surface area contributed by atoms with Gasteiger partial charge in [-0.1, -0.05) is 41.5 Å². The molecule has 0 bridgehead atoms. The van der Waals surface area contributed by atoms with Crippen LogP contribution in [0.15, 0.2) is 20.0 Å². The van der Waals surface area contributed by atoms with Gasteiger partial charge in [-0.05, 0) is 60.2 Å². The first kappa shape index (κ1) is 27.6. The number of hydrogen-bond donors (Lipinski definition) is 0. The SMILES string of the molecule is CC1(C)CC(N=C=O)CC(C)(CN=C=O)C1.CC1(C)CC(N=C=O)CC(C)(CN=C=O)C1. The van der Waals surface area contributed by atoms with E-state index in [4.69, 9.17) is 0 Å². The Morgan fingerprint density at radius 3 is 1.22 bits per heavy atom. The van der Waals surface area contributed by atoms with E-state index in [2.05, 4.69) is 61.5 Å². The number of hydrogen-bond acceptors (Lipinski definition) is 8. The van der Waals surface area contributed by atoms with E-state index in [0.29, 0.717) is 13.1 Å². The van der Waals surface area contributed by atoms with Crippen molar-refractivity contribution in [3.05, 3.63) is 0 Å². The van der Waals surface area contributed by atoms with Gasteiger partial charge in [0, 0.05) is 0 Å². The third kappa shape index (κ3) is 9.34. The normalized spacial score (nSPS) is 32.3. The van der Waals surface area contributed by atoms with E-state index in [1.54, 1.807) is 24.3 Å². The minimum absolute atomic E-state index is 0.00750. The highest BCUT2D eigenvalue weighted by Crippen LogP contribution is 2.48. The van der Waals surface area contributed by atoms with Gasteiger partial charge < -0.3 is 0 Å². The molecule has 32 heavy (non-hydrogen) atoms. The van der Waals surface area contributed by atoms with Crippen molar-refractivity contribution in [2.24, 2.45) is 41.6 Å². The van der Waals surface area contributed by atoms with Crippen molar-refractivity contribution in [1.82, 2.24) is 0 Å². The predicted molar refractivity (Wildman–Crippen MR) is 121 cm³/mol. The van der Waals surface area contributed by atoms with E-state index in [9.17, 15) is 19.2 Å². The average molecular weight is 445 g/mol. The Balaban J connectivity index is 0.000000320. The van der Waals surface area contributed by atoms with Crippen LogP contribution in [0.2, 0.25) is 0 Å². The maximum atomic E-state index is 10.3. The molecule has 4 unspecified atom stereocenters. The molecule has 0 aromatic rings. The zero-order valence-corrected chi connectivity index (χ0v) is 20.2. The molecule has 176 valence electrons. The summed E-state index contributed by atoms with van der Waals surface area (Å²) in [6, 6.07) is 0.0150. The summed E-state index contributed by atoms with van der Waals surface area (Å²) in [7, 11) is 0. The molecule has 2 rings (SSSR count). The minimum atomic E-state index is -0.0653. The first-order valence-electron chi connectivity index (χ1n) is 11.0. The Kier molecular flexibility index (Phi) is 9.82. The highest BCUT2D eigenvalue weighted by Gasteiger charge is 2.42. The molecule has 0 aromatic heterocycles. The molecule has 0 saturated heterocycles. The van der Waals surface area contributed by atoms with Crippen LogP contribution in [0.1, 0.15) is 80.1 Å². The Morgan fingerprint density at radius 1 is 0.594 bits per heavy atom. The molecule has 4 atom stereocenters. The molecule has 0 aromatic carbocycles. The summed E-state index contributed by atoms with van der Waals surface area (Å²) >= 11 is 0. The second-order valence-corrected chi connectivity index (χ2v) is 11.7. The van der Waals surface area contributed by atoms with Crippen molar-refractivity contribution < 1.29 is 19.2 Å². The van der Waals surface area contributed by atoms with Gasteiger partial charge >= 0.3 is 0 Å². The van der Waals surface area contributed by atoms with Gasteiger partial charge in [0.25, 0.3) is 0 Å². The summed E-state index contributed by atoms with van der Waals surface area (Å²) in [6.45, 7) is 13.7. The number of rotatable bonds is 6. The third-order valence-electron chi connectivity index (χ3n) is 6.37. The summed E-state index contributed by atoms with van der Waals surface area (Å²) in [4.78, 5) is 56.1. The molecule has 0 heterocycles. The lowest BCUT2D eigenvalue weighted by atomic mass is 9.63. The Hall–Kier alpha value is -2.48. The summed E-state index contributed by atoms with van der Waals surface area (Å²) in [5.74, 6) is 0. The van der Waals surface area contributed by atoms with E-state index in [1.165, 1.54) is 0 Å². The van der Waals surface area contributed by atoms with Crippen molar-refractivity contribution in [3.63, 3.8) is 0 Å². The zero-order valence-electron chi connectivity index (χ0n) is 20.2. The van der Waals surface area contributed by atoms with Crippen molar-refractivity contribution in [2.45, 2.75) is 92.2 Å². The summed E-state index contributed by atoms with van der Waals surface area (Å²) in [5, 5.41) is 0. The first-order chi connectivity index (χ1) is 14.8. The van der Waals surface area contributed by atoms with Crippen LogP contribution in [0.4, 0.5) is 0 Å². The highest BCUT2D eigenvalue weighted by atomic mass is 16.1. The van der Waals surface area contributed by atoms with Crippen LogP contribution in [0, 0.1) is 21.7 Å². The van der Waals surface area contributed by atoms with Gasteiger partial charge in [0.15, 0.2) is 0 Å². The topological polar surface area (TPSA) is 118 Å². The lowest BCUT2D eigenvalue weighted by Gasteiger charge is -2.44. The first-order valence-corrected chi connectivity index (χ1v) is 11.0. The fraction of sp³-hybridized carbons (Fsp3) is 0.833. The molecule has 8 nitrogen and oxygen atoms in total. The van der Waals surface area contributed by atoms with Crippen molar-refractivity contribution in [3.8, 4) is 0 Å². The number of isocyanates is 4. The fourth-order valence-electron chi connectivity index (χ4n) is 6.18. The molecule has 2 aliphatic carbocycles. The van der Waals surface area contributed by atoms with Crippen LogP contribution in [0.3, 0.4) is 0 Å². The molecule has 2 fully saturated rings. The lowest BCUT2D eigenvalue weighted by Crippen LogP contribution is -2.39. The molecular weight excluding hydrogens is 408 g/mol. The predicted octanol–water partition coefficient (Wildman–Crippen LogP) is 4.49. The monoisotopic (exact) mass is 444 g/mol. The van der Waals surface area contributed by atoms with Crippen LogP contribution in [0.25, 0.3) is 0 Å². The van der Waals surface area contributed by atoms with Gasteiger partial charge in [0.05, 0.1) is 25.2 Å². The Morgan fingerprint density at radius 2 is 0.938 bits per heavy atom. The Labute approximate surface area is 190 Å². The van der Waals surface area contributed by atoms with E-state index in [-0.39, 0.29) is 33.7 Å². The second kappa shape index (κ2) is 11.4. The van der Waals surface area contributed by atoms with E-state index >= 15 is 0 Å². The molecular formula is C24H36N4O4. The standard InChI is InChI=1S/2C12H18N2O2/c2*1-11(2)4-10(14-9-16)5-12(3,6-11)7-13-8-15/h2*10H,4-7H2,1-3H3. The van der Waals surface area contributed by atoms with Gasteiger partial charge in [-0.2, -0.15) is 0 Å². The van der Waals surface area contributed by atoms with Crippen LogP contribution in [0.5, 0.6) is 0 Å². The van der Waals surface area contributed by atoms with Crippen LogP contribution < -0.4 is 0 Å². The van der Waals surface area contributed by atoms with Crippen molar-refractivity contribution in [2.75, 3.05) is 13.1 Å². The Bertz CT molecular complexity index is 774. The van der Waals surface area contributed by atoms with E-state index in [1.807, 2.05) is 0 Å².